The number of likely N-dealkylation sites (tertiary alicyclic amines) is 1. The smallest absolute Gasteiger partial charge is 0.111 e. The van der Waals surface area contributed by atoms with Gasteiger partial charge in [-0.05, 0) is 42.8 Å². The lowest BCUT2D eigenvalue weighted by atomic mass is 10.1. The van der Waals surface area contributed by atoms with Crippen molar-refractivity contribution in [2.75, 3.05) is 13.1 Å². The molecule has 4 heteroatoms. The van der Waals surface area contributed by atoms with Crippen molar-refractivity contribution >= 4 is 11.0 Å². The third-order valence-corrected chi connectivity index (χ3v) is 4.53. The molecule has 2 aromatic carbocycles. The number of fused-ring (bicyclic) bond motifs is 1. The van der Waals surface area contributed by atoms with Crippen LogP contribution in [0.25, 0.3) is 11.0 Å². The quantitative estimate of drug-likeness (QED) is 0.806. The zero-order valence-electron chi connectivity index (χ0n) is 12.9. The third kappa shape index (κ3) is 2.84. The van der Waals surface area contributed by atoms with Crippen LogP contribution < -0.4 is 0 Å². The van der Waals surface area contributed by atoms with Crippen molar-refractivity contribution in [2.24, 2.45) is 0 Å². The zero-order valence-corrected chi connectivity index (χ0v) is 12.9. The summed E-state index contributed by atoms with van der Waals surface area (Å²) in [6.45, 7) is 2.97. The molecule has 1 aliphatic rings. The number of nitrogens with zero attached hydrogens (tertiary/aromatic N) is 3. The van der Waals surface area contributed by atoms with Crippen molar-refractivity contribution in [3.8, 4) is 6.07 Å². The zero-order chi connectivity index (χ0) is 15.6. The molecule has 0 radical (unpaired) electrons. The highest BCUT2D eigenvalue weighted by Crippen LogP contribution is 2.28. The van der Waals surface area contributed by atoms with E-state index >= 15 is 0 Å². The maximum atomic E-state index is 9.01. The fraction of sp³-hybridized carbons (Fsp3) is 0.263. The van der Waals surface area contributed by atoms with Crippen LogP contribution in [0.1, 0.15) is 29.3 Å². The summed E-state index contributed by atoms with van der Waals surface area (Å²) in [5.41, 5.74) is 4.09. The normalized spacial score (nSPS) is 18.3. The van der Waals surface area contributed by atoms with Crippen LogP contribution in [0, 0.1) is 11.3 Å². The van der Waals surface area contributed by atoms with Crippen LogP contribution in [0.15, 0.2) is 48.5 Å². The summed E-state index contributed by atoms with van der Waals surface area (Å²) in [5.74, 6) is 1.56. The number of hydrogen-bond donors (Lipinski definition) is 1. The van der Waals surface area contributed by atoms with Crippen molar-refractivity contribution in [1.29, 1.82) is 5.26 Å². The minimum absolute atomic E-state index is 0.460. The first-order valence-electron chi connectivity index (χ1n) is 7.98. The lowest BCUT2D eigenvalue weighted by Crippen LogP contribution is -2.20. The van der Waals surface area contributed by atoms with Crippen LogP contribution in [0.5, 0.6) is 0 Å². The van der Waals surface area contributed by atoms with Crippen molar-refractivity contribution in [3.63, 3.8) is 0 Å². The number of hydrogen-bond acceptors (Lipinski definition) is 3. The number of imidazole rings is 1. The summed E-state index contributed by atoms with van der Waals surface area (Å²) in [4.78, 5) is 10.6. The Morgan fingerprint density at radius 2 is 2.13 bits per heavy atom. The summed E-state index contributed by atoms with van der Waals surface area (Å²) in [5, 5.41) is 9.01. The molecule has 0 unspecified atom stereocenters. The molecule has 4 nitrogen and oxygen atoms in total. The summed E-state index contributed by atoms with van der Waals surface area (Å²) < 4.78 is 0. The molecule has 2 heterocycles. The molecule has 23 heavy (non-hydrogen) atoms. The summed E-state index contributed by atoms with van der Waals surface area (Å²) in [6.07, 6.45) is 1.12. The maximum absolute atomic E-state index is 9.01. The molecular weight excluding hydrogens is 284 g/mol. The van der Waals surface area contributed by atoms with Crippen molar-refractivity contribution in [3.05, 3.63) is 65.5 Å². The Kier molecular flexibility index (Phi) is 3.57. The van der Waals surface area contributed by atoms with Crippen LogP contribution in [0.4, 0.5) is 0 Å². The number of benzene rings is 2. The van der Waals surface area contributed by atoms with Gasteiger partial charge in [0.2, 0.25) is 0 Å². The van der Waals surface area contributed by atoms with Crippen LogP contribution in [-0.4, -0.2) is 28.0 Å². The molecule has 1 aromatic heterocycles. The molecule has 0 amide bonds. The number of nitrogens with one attached hydrogen (secondary N) is 1. The Morgan fingerprint density at radius 1 is 1.22 bits per heavy atom. The fourth-order valence-corrected chi connectivity index (χ4v) is 3.36. The van der Waals surface area contributed by atoms with Gasteiger partial charge in [0.1, 0.15) is 5.82 Å². The van der Waals surface area contributed by atoms with Crippen molar-refractivity contribution < 1.29 is 0 Å². The van der Waals surface area contributed by atoms with Gasteiger partial charge in [-0.25, -0.2) is 4.98 Å². The Morgan fingerprint density at radius 3 is 3.00 bits per heavy atom. The number of nitriles is 1. The number of para-hydroxylation sites is 2. The molecule has 1 saturated heterocycles. The Bertz CT molecular complexity index is 841. The highest BCUT2D eigenvalue weighted by atomic mass is 15.2. The van der Waals surface area contributed by atoms with Crippen molar-refractivity contribution in [1.82, 2.24) is 14.9 Å². The SMILES string of the molecule is N#Cc1cccc(CN2CC[C@H](c3nc4ccccc4[nH]3)C2)c1. The molecule has 0 bridgehead atoms. The molecular formula is C19H18N4. The molecule has 0 aliphatic carbocycles. The topological polar surface area (TPSA) is 55.7 Å². The third-order valence-electron chi connectivity index (χ3n) is 4.53. The Hall–Kier alpha value is -2.64. The molecule has 1 aliphatic heterocycles. The fourth-order valence-electron chi connectivity index (χ4n) is 3.36. The van der Waals surface area contributed by atoms with Gasteiger partial charge >= 0.3 is 0 Å². The summed E-state index contributed by atoms with van der Waals surface area (Å²) in [7, 11) is 0. The maximum Gasteiger partial charge on any atom is 0.111 e. The van der Waals surface area contributed by atoms with Crippen LogP contribution >= 0.6 is 0 Å². The number of aromatic nitrogens is 2. The van der Waals surface area contributed by atoms with E-state index in [-0.39, 0.29) is 0 Å². The van der Waals surface area contributed by atoms with Gasteiger partial charge in [-0.15, -0.1) is 0 Å². The van der Waals surface area contributed by atoms with E-state index in [4.69, 9.17) is 10.2 Å². The van der Waals surface area contributed by atoms with Crippen LogP contribution in [0.3, 0.4) is 0 Å². The number of rotatable bonds is 3. The average Bonchev–Trinajstić information content (AvgIpc) is 3.21. The van der Waals surface area contributed by atoms with E-state index in [1.54, 1.807) is 0 Å². The van der Waals surface area contributed by atoms with Gasteiger partial charge in [-0.3, -0.25) is 4.90 Å². The standard InChI is InChI=1S/C19H18N4/c20-11-14-4-3-5-15(10-14)12-23-9-8-16(13-23)19-21-17-6-1-2-7-18(17)22-19/h1-7,10,16H,8-9,12-13H2,(H,21,22)/t16-/m0/s1. The Labute approximate surface area is 135 Å². The van der Waals surface area contributed by atoms with Gasteiger partial charge in [-0.2, -0.15) is 5.26 Å². The first-order valence-corrected chi connectivity index (χ1v) is 7.98. The predicted molar refractivity (Wildman–Crippen MR) is 89.9 cm³/mol. The molecule has 1 N–H and O–H groups in total. The van der Waals surface area contributed by atoms with E-state index in [1.807, 2.05) is 30.3 Å². The van der Waals surface area contributed by atoms with Crippen LogP contribution in [0.2, 0.25) is 0 Å². The summed E-state index contributed by atoms with van der Waals surface area (Å²) in [6, 6.07) is 18.3. The van der Waals surface area contributed by atoms with Gasteiger partial charge in [0.25, 0.3) is 0 Å². The van der Waals surface area contributed by atoms with E-state index in [0.717, 1.165) is 48.5 Å². The van der Waals surface area contributed by atoms with Gasteiger partial charge in [0, 0.05) is 19.0 Å². The van der Waals surface area contributed by atoms with Crippen molar-refractivity contribution in [2.45, 2.75) is 18.9 Å². The van der Waals surface area contributed by atoms with E-state index < -0.39 is 0 Å². The molecule has 1 fully saturated rings. The number of aromatic amines is 1. The second-order valence-corrected chi connectivity index (χ2v) is 6.17. The van der Waals surface area contributed by atoms with E-state index in [2.05, 4.69) is 34.2 Å². The lowest BCUT2D eigenvalue weighted by molar-refractivity contribution is 0.326. The molecule has 0 spiro atoms. The van der Waals surface area contributed by atoms with Gasteiger partial charge in [0.05, 0.1) is 22.7 Å². The number of H-pyrrole nitrogens is 1. The van der Waals surface area contributed by atoms with Gasteiger partial charge in [-0.1, -0.05) is 24.3 Å². The van der Waals surface area contributed by atoms with Crippen LogP contribution in [-0.2, 0) is 6.54 Å². The second kappa shape index (κ2) is 5.86. The van der Waals surface area contributed by atoms with E-state index in [1.165, 1.54) is 5.56 Å². The minimum atomic E-state index is 0.460. The monoisotopic (exact) mass is 302 g/mol. The summed E-state index contributed by atoms with van der Waals surface area (Å²) >= 11 is 0. The van der Waals surface area contributed by atoms with Gasteiger partial charge < -0.3 is 4.98 Å². The highest BCUT2D eigenvalue weighted by molar-refractivity contribution is 5.74. The molecule has 3 aromatic rings. The lowest BCUT2D eigenvalue weighted by Gasteiger charge is -2.15. The van der Waals surface area contributed by atoms with E-state index in [9.17, 15) is 0 Å². The highest BCUT2D eigenvalue weighted by Gasteiger charge is 2.26. The molecule has 114 valence electrons. The minimum Gasteiger partial charge on any atom is -0.342 e. The molecule has 4 rings (SSSR count). The van der Waals surface area contributed by atoms with E-state index in [0.29, 0.717) is 5.92 Å². The average molecular weight is 302 g/mol. The second-order valence-electron chi connectivity index (χ2n) is 6.17. The largest absolute Gasteiger partial charge is 0.342 e. The Balaban J connectivity index is 1.47. The first-order chi connectivity index (χ1) is 11.3. The molecule has 1 atom stereocenters. The predicted octanol–water partition coefficient (Wildman–Crippen LogP) is 3.42. The van der Waals surface area contributed by atoms with Gasteiger partial charge in [0.15, 0.2) is 0 Å². The molecule has 0 saturated carbocycles. The first kappa shape index (κ1) is 14.0.